The van der Waals surface area contributed by atoms with E-state index in [1.165, 1.54) is 24.3 Å². The molecule has 0 radical (unpaired) electrons. The van der Waals surface area contributed by atoms with Crippen molar-refractivity contribution in [2.75, 3.05) is 6.61 Å². The first-order chi connectivity index (χ1) is 13.4. The number of ether oxygens (including phenoxy) is 1. The monoisotopic (exact) mass is 443 g/mol. The zero-order valence-corrected chi connectivity index (χ0v) is 17.6. The van der Waals surface area contributed by atoms with Crippen LogP contribution in [0, 0.1) is 5.92 Å². The Morgan fingerprint density at radius 3 is 1.87 bits per heavy atom. The molecule has 1 atom stereocenters. The molecule has 0 spiro atoms. The van der Waals surface area contributed by atoms with Crippen molar-refractivity contribution >= 4 is 19.4 Å². The second kappa shape index (κ2) is 10.7. The molecule has 1 unspecified atom stereocenters. The molecule has 0 aliphatic heterocycles. The van der Waals surface area contributed by atoms with Gasteiger partial charge >= 0.3 is 31.2 Å². The van der Waals surface area contributed by atoms with Crippen LogP contribution in [0.25, 0.3) is 0 Å². The second-order valence-corrected chi connectivity index (χ2v) is 8.01. The molecule has 30 heavy (non-hydrogen) atoms. The fourth-order valence-electron chi connectivity index (χ4n) is 2.51. The van der Waals surface area contributed by atoms with E-state index in [9.17, 15) is 31.1 Å². The number of hydrogen-bond acceptors (Lipinski definition) is 2. The number of rotatable bonds is 7. The molecule has 0 saturated heterocycles. The summed E-state index contributed by atoms with van der Waals surface area (Å²) in [5.74, 6) is 0.961. The average molecular weight is 443 g/mol. The number of halogens is 6. The van der Waals surface area contributed by atoms with Gasteiger partial charge in [-0.05, 0) is 50.5 Å². The molecule has 2 aromatic carbocycles. The summed E-state index contributed by atoms with van der Waals surface area (Å²) in [6, 6.07) is 7.62. The van der Waals surface area contributed by atoms with Crippen molar-refractivity contribution in [3.8, 4) is 5.75 Å². The average Bonchev–Trinajstić information content (AvgIpc) is 2.60. The Balaban J connectivity index is 0.00000450. The van der Waals surface area contributed by atoms with Gasteiger partial charge in [-0.25, -0.2) is 0 Å². The third-order valence-electron chi connectivity index (χ3n) is 3.98. The van der Waals surface area contributed by atoms with Crippen LogP contribution in [0.2, 0.25) is 0 Å². The van der Waals surface area contributed by atoms with E-state index < -0.39 is 43.1 Å². The first-order valence-corrected chi connectivity index (χ1v) is 9.71. The van der Waals surface area contributed by atoms with Gasteiger partial charge in [-0.2, -0.15) is 26.3 Å². The maximum Gasteiger partial charge on any atom is 1.00 e. The molecule has 0 heterocycles. The number of carbonyl (C=O) groups is 1. The van der Waals surface area contributed by atoms with Gasteiger partial charge < -0.3 is 4.74 Å². The summed E-state index contributed by atoms with van der Waals surface area (Å²) >= 11 is 0. The van der Waals surface area contributed by atoms with Crippen molar-refractivity contribution in [3.05, 3.63) is 59.2 Å². The SMILES string of the molecule is CC(C)CCOc1ccc(PC(=O)c2c(C(F)(F)F)cccc2C(F)(F)F)cc1.[Li+]. The van der Waals surface area contributed by atoms with Gasteiger partial charge in [0.05, 0.1) is 17.7 Å². The molecule has 0 aliphatic carbocycles. The first-order valence-electron chi connectivity index (χ1n) is 8.71. The molecule has 0 fully saturated rings. The Bertz CT molecular complexity index is 816. The maximum absolute atomic E-state index is 13.2. The van der Waals surface area contributed by atoms with E-state index in [0.29, 0.717) is 41.8 Å². The normalized spacial score (nSPS) is 12.3. The van der Waals surface area contributed by atoms with Crippen LogP contribution in [-0.4, -0.2) is 12.1 Å². The molecule has 0 bridgehead atoms. The molecule has 0 aliphatic rings. The van der Waals surface area contributed by atoms with Crippen molar-refractivity contribution in [3.63, 3.8) is 0 Å². The topological polar surface area (TPSA) is 26.3 Å². The minimum Gasteiger partial charge on any atom is -0.494 e. The Kier molecular flexibility index (Phi) is 9.47. The summed E-state index contributed by atoms with van der Waals surface area (Å²) < 4.78 is 84.8. The predicted octanol–water partition coefficient (Wildman–Crippen LogP) is 3.30. The van der Waals surface area contributed by atoms with Crippen LogP contribution < -0.4 is 28.9 Å². The van der Waals surface area contributed by atoms with Gasteiger partial charge in [0.1, 0.15) is 5.75 Å². The van der Waals surface area contributed by atoms with Gasteiger partial charge in [0.2, 0.25) is 0 Å². The molecule has 0 aromatic heterocycles. The summed E-state index contributed by atoms with van der Waals surface area (Å²) in [6.45, 7) is 4.55. The van der Waals surface area contributed by atoms with Crippen molar-refractivity contribution in [1.29, 1.82) is 0 Å². The maximum atomic E-state index is 13.2. The van der Waals surface area contributed by atoms with Crippen molar-refractivity contribution < 1.29 is 54.7 Å². The second-order valence-electron chi connectivity index (χ2n) is 6.73. The van der Waals surface area contributed by atoms with Crippen molar-refractivity contribution in [2.45, 2.75) is 32.6 Å². The zero-order chi connectivity index (χ0) is 21.8. The van der Waals surface area contributed by atoms with Crippen molar-refractivity contribution in [2.24, 2.45) is 5.92 Å². The molecule has 0 N–H and O–H groups in total. The van der Waals surface area contributed by atoms with E-state index in [1.807, 2.05) is 13.8 Å². The van der Waals surface area contributed by atoms with Gasteiger partial charge in [-0.1, -0.05) is 32.0 Å². The van der Waals surface area contributed by atoms with Gasteiger partial charge in [0.25, 0.3) is 0 Å². The van der Waals surface area contributed by atoms with Crippen LogP contribution in [0.4, 0.5) is 26.3 Å². The molecule has 10 heteroatoms. The minimum absolute atomic E-state index is 0. The molecule has 2 rings (SSSR count). The van der Waals surface area contributed by atoms with Crippen LogP contribution in [0.15, 0.2) is 42.5 Å². The molecule has 2 nitrogen and oxygen atoms in total. The number of hydrogen-bond donors (Lipinski definition) is 0. The quantitative estimate of drug-likeness (QED) is 0.373. The summed E-state index contributed by atoms with van der Waals surface area (Å²) in [7, 11) is -0.893. The van der Waals surface area contributed by atoms with Crippen LogP contribution in [0.3, 0.4) is 0 Å². The summed E-state index contributed by atoms with van der Waals surface area (Å²) in [5, 5.41) is 0.316. The van der Waals surface area contributed by atoms with E-state index in [-0.39, 0.29) is 18.9 Å². The van der Waals surface area contributed by atoms with Crippen LogP contribution in [0.1, 0.15) is 41.8 Å². The van der Waals surface area contributed by atoms with Crippen LogP contribution in [-0.2, 0) is 12.4 Å². The van der Waals surface area contributed by atoms with Gasteiger partial charge in [-0.15, -0.1) is 0 Å². The molecule has 2 aromatic rings. The number of benzene rings is 2. The van der Waals surface area contributed by atoms with E-state index >= 15 is 0 Å². The zero-order valence-electron chi connectivity index (χ0n) is 16.6. The largest absolute Gasteiger partial charge is 1.00 e. The Morgan fingerprint density at radius 2 is 1.43 bits per heavy atom. The first kappa shape index (κ1) is 26.6. The Morgan fingerprint density at radius 1 is 0.933 bits per heavy atom. The van der Waals surface area contributed by atoms with Crippen molar-refractivity contribution in [1.82, 2.24) is 0 Å². The van der Waals surface area contributed by atoms with E-state index in [0.717, 1.165) is 6.42 Å². The molecular formula is C20H19F6LiO2P+. The predicted molar refractivity (Wildman–Crippen MR) is 100 cm³/mol. The van der Waals surface area contributed by atoms with Gasteiger partial charge in [0.15, 0.2) is 5.52 Å². The molecule has 158 valence electrons. The van der Waals surface area contributed by atoms with Gasteiger partial charge in [-0.3, -0.25) is 4.79 Å². The minimum atomic E-state index is -5.08. The molecular weight excluding hydrogens is 424 g/mol. The fourth-order valence-corrected chi connectivity index (χ4v) is 3.50. The van der Waals surface area contributed by atoms with E-state index in [1.54, 1.807) is 0 Å². The van der Waals surface area contributed by atoms with E-state index in [2.05, 4.69) is 0 Å². The van der Waals surface area contributed by atoms with Crippen LogP contribution >= 0.6 is 8.58 Å². The Labute approximate surface area is 184 Å². The smallest absolute Gasteiger partial charge is 0.494 e. The number of alkyl halides is 6. The summed E-state index contributed by atoms with van der Waals surface area (Å²) in [5.41, 5.74) is -5.74. The third-order valence-corrected chi connectivity index (χ3v) is 5.08. The van der Waals surface area contributed by atoms with Crippen LogP contribution in [0.5, 0.6) is 5.75 Å². The third kappa shape index (κ3) is 7.34. The molecule has 0 saturated carbocycles. The standard InChI is InChI=1S/C20H19F6O2P.Li/c1-12(2)10-11-28-13-6-8-14(9-7-13)29-18(27)17-15(19(21,22)23)4-3-5-16(17)20(24,25)26;/h3-9,12,29H,10-11H2,1-2H3;/q;+1. The van der Waals surface area contributed by atoms with E-state index in [4.69, 9.17) is 4.74 Å². The fraction of sp³-hybridized carbons (Fsp3) is 0.350. The van der Waals surface area contributed by atoms with Gasteiger partial charge in [0, 0.05) is 5.56 Å². The Hall–Kier alpha value is -1.48. The number of carbonyl (C=O) groups excluding carboxylic acids is 1. The summed E-state index contributed by atoms with van der Waals surface area (Å²) in [4.78, 5) is 12.5. The summed E-state index contributed by atoms with van der Waals surface area (Å²) in [6.07, 6.45) is -9.33. The molecule has 0 amide bonds.